The van der Waals surface area contributed by atoms with Crippen molar-refractivity contribution in [3.63, 3.8) is 0 Å². The van der Waals surface area contributed by atoms with Crippen LogP contribution < -0.4 is 15.5 Å². The molecule has 2 heterocycles. The van der Waals surface area contributed by atoms with E-state index in [2.05, 4.69) is 55.8 Å². The van der Waals surface area contributed by atoms with Gasteiger partial charge in [-0.1, -0.05) is 31.0 Å². The molecule has 5 nitrogen and oxygen atoms in total. The maximum Gasteiger partial charge on any atom is 0.191 e. The zero-order valence-electron chi connectivity index (χ0n) is 16.7. The third-order valence-electron chi connectivity index (χ3n) is 5.52. The summed E-state index contributed by atoms with van der Waals surface area (Å²) in [5.41, 5.74) is 1.32. The van der Waals surface area contributed by atoms with Crippen LogP contribution in [0.4, 0.5) is 5.69 Å². The molecule has 2 N–H and O–H groups in total. The summed E-state index contributed by atoms with van der Waals surface area (Å²) in [5.74, 6) is 0.945. The van der Waals surface area contributed by atoms with E-state index < -0.39 is 0 Å². The minimum absolute atomic E-state index is 0. The molecule has 1 unspecified atom stereocenters. The van der Waals surface area contributed by atoms with Crippen molar-refractivity contribution in [3.8, 4) is 0 Å². The van der Waals surface area contributed by atoms with Crippen molar-refractivity contribution < 1.29 is 0 Å². The van der Waals surface area contributed by atoms with Crippen LogP contribution in [0.5, 0.6) is 0 Å². The van der Waals surface area contributed by atoms with Crippen molar-refractivity contribution in [1.82, 2.24) is 15.5 Å². The predicted octanol–water partition coefficient (Wildman–Crippen LogP) is 3.31. The highest BCUT2D eigenvalue weighted by molar-refractivity contribution is 14.0. The van der Waals surface area contributed by atoms with Gasteiger partial charge in [-0.25, -0.2) is 0 Å². The Labute approximate surface area is 182 Å². The maximum absolute atomic E-state index is 4.41. The Bertz CT molecular complexity index is 543. The first kappa shape index (κ1) is 22.3. The van der Waals surface area contributed by atoms with Gasteiger partial charge in [-0.2, -0.15) is 0 Å². The van der Waals surface area contributed by atoms with Gasteiger partial charge in [0.25, 0.3) is 0 Å². The summed E-state index contributed by atoms with van der Waals surface area (Å²) in [7, 11) is 1.87. The van der Waals surface area contributed by atoms with Gasteiger partial charge in [0.2, 0.25) is 0 Å². The third kappa shape index (κ3) is 7.49. The SMILES string of the molecule is CN=C(NCCCN1CCCCCC1)NC1CCN(c2ccccc2)C1.I. The van der Waals surface area contributed by atoms with Gasteiger partial charge in [-0.15, -0.1) is 24.0 Å². The van der Waals surface area contributed by atoms with E-state index in [0.29, 0.717) is 6.04 Å². The number of halogens is 1. The summed E-state index contributed by atoms with van der Waals surface area (Å²) in [6.45, 7) is 6.90. The first-order valence-electron chi connectivity index (χ1n) is 10.3. The summed E-state index contributed by atoms with van der Waals surface area (Å²) in [6, 6.07) is 11.2. The normalized spacial score (nSPS) is 21.4. The minimum Gasteiger partial charge on any atom is -0.369 e. The van der Waals surface area contributed by atoms with Crippen molar-refractivity contribution in [3.05, 3.63) is 30.3 Å². The Balaban J connectivity index is 0.00000261. The smallest absolute Gasteiger partial charge is 0.191 e. The Hall–Kier alpha value is -1.02. The number of rotatable bonds is 6. The summed E-state index contributed by atoms with van der Waals surface area (Å²) in [4.78, 5) is 9.48. The molecule has 0 spiro atoms. The molecule has 2 aliphatic heterocycles. The summed E-state index contributed by atoms with van der Waals surface area (Å²) < 4.78 is 0. The summed E-state index contributed by atoms with van der Waals surface area (Å²) >= 11 is 0. The predicted molar refractivity (Wildman–Crippen MR) is 126 cm³/mol. The van der Waals surface area contributed by atoms with Crippen molar-refractivity contribution in [2.24, 2.45) is 4.99 Å². The number of aliphatic imine (C=N–C) groups is 1. The molecule has 2 fully saturated rings. The van der Waals surface area contributed by atoms with Gasteiger partial charge in [0.05, 0.1) is 0 Å². The van der Waals surface area contributed by atoms with Crippen LogP contribution in [0, 0.1) is 0 Å². The molecule has 0 radical (unpaired) electrons. The van der Waals surface area contributed by atoms with Crippen LogP contribution in [0.2, 0.25) is 0 Å². The highest BCUT2D eigenvalue weighted by atomic mass is 127. The molecule has 2 saturated heterocycles. The zero-order chi connectivity index (χ0) is 18.0. The fourth-order valence-electron chi connectivity index (χ4n) is 4.01. The van der Waals surface area contributed by atoms with E-state index in [1.807, 2.05) is 7.05 Å². The standard InChI is InChI=1S/C21H35N5.HI/c1-22-21(23-13-9-16-25-14-7-2-3-8-15-25)24-19-12-17-26(18-19)20-10-5-4-6-11-20;/h4-6,10-11,19H,2-3,7-9,12-18H2,1H3,(H2,22,23,24);1H. The van der Waals surface area contributed by atoms with E-state index in [4.69, 9.17) is 0 Å². The molecule has 1 aromatic rings. The number of guanidine groups is 1. The fraction of sp³-hybridized carbons (Fsp3) is 0.667. The highest BCUT2D eigenvalue weighted by Crippen LogP contribution is 2.19. The van der Waals surface area contributed by atoms with Gasteiger partial charge < -0.3 is 20.4 Å². The molecule has 0 amide bonds. The number of likely N-dealkylation sites (tertiary alicyclic amines) is 1. The number of anilines is 1. The highest BCUT2D eigenvalue weighted by Gasteiger charge is 2.23. The molecule has 2 aliphatic rings. The summed E-state index contributed by atoms with van der Waals surface area (Å²) in [6.07, 6.45) is 7.90. The fourth-order valence-corrected chi connectivity index (χ4v) is 4.01. The van der Waals surface area contributed by atoms with Gasteiger partial charge in [-0.3, -0.25) is 4.99 Å². The van der Waals surface area contributed by atoms with Crippen LogP contribution in [0.25, 0.3) is 0 Å². The van der Waals surface area contributed by atoms with Crippen molar-refractivity contribution in [2.75, 3.05) is 51.2 Å². The number of hydrogen-bond acceptors (Lipinski definition) is 3. The topological polar surface area (TPSA) is 42.9 Å². The molecule has 152 valence electrons. The van der Waals surface area contributed by atoms with E-state index in [0.717, 1.165) is 32.0 Å². The number of para-hydroxylation sites is 1. The van der Waals surface area contributed by atoms with Crippen LogP contribution in [-0.2, 0) is 0 Å². The molecule has 27 heavy (non-hydrogen) atoms. The third-order valence-corrected chi connectivity index (χ3v) is 5.52. The average molecular weight is 485 g/mol. The molecule has 1 aromatic carbocycles. The van der Waals surface area contributed by atoms with E-state index in [-0.39, 0.29) is 24.0 Å². The average Bonchev–Trinajstić information content (AvgIpc) is 2.99. The molecule has 1 atom stereocenters. The number of benzene rings is 1. The molecule has 0 saturated carbocycles. The first-order chi connectivity index (χ1) is 12.8. The van der Waals surface area contributed by atoms with E-state index in [9.17, 15) is 0 Å². The minimum atomic E-state index is 0. The Morgan fingerprint density at radius 3 is 2.52 bits per heavy atom. The lowest BCUT2D eigenvalue weighted by Gasteiger charge is -2.21. The first-order valence-corrected chi connectivity index (χ1v) is 10.3. The van der Waals surface area contributed by atoms with Gasteiger partial charge in [0.15, 0.2) is 5.96 Å². The molecule has 0 aromatic heterocycles. The van der Waals surface area contributed by atoms with E-state index in [1.165, 1.54) is 57.4 Å². The molecular weight excluding hydrogens is 449 g/mol. The van der Waals surface area contributed by atoms with Gasteiger partial charge in [0.1, 0.15) is 0 Å². The maximum atomic E-state index is 4.41. The van der Waals surface area contributed by atoms with Gasteiger partial charge in [-0.05, 0) is 57.5 Å². The van der Waals surface area contributed by atoms with Crippen LogP contribution in [-0.4, -0.2) is 63.2 Å². The van der Waals surface area contributed by atoms with Crippen LogP contribution in [0.1, 0.15) is 38.5 Å². The van der Waals surface area contributed by atoms with Crippen molar-refractivity contribution in [1.29, 1.82) is 0 Å². The molecule has 3 rings (SSSR count). The summed E-state index contributed by atoms with van der Waals surface area (Å²) in [5, 5.41) is 7.10. The second-order valence-corrected chi connectivity index (χ2v) is 7.52. The molecule has 6 heteroatoms. The monoisotopic (exact) mass is 485 g/mol. The molecule has 0 bridgehead atoms. The van der Waals surface area contributed by atoms with Crippen LogP contribution in [0.15, 0.2) is 35.3 Å². The Kier molecular flexibility index (Phi) is 10.3. The second kappa shape index (κ2) is 12.4. The van der Waals surface area contributed by atoms with Crippen LogP contribution in [0.3, 0.4) is 0 Å². The molecular formula is C21H36IN5. The van der Waals surface area contributed by atoms with E-state index >= 15 is 0 Å². The Morgan fingerprint density at radius 2 is 1.81 bits per heavy atom. The van der Waals surface area contributed by atoms with Gasteiger partial charge in [0, 0.05) is 38.4 Å². The largest absolute Gasteiger partial charge is 0.369 e. The lowest BCUT2D eigenvalue weighted by molar-refractivity contribution is 0.282. The van der Waals surface area contributed by atoms with Gasteiger partial charge >= 0.3 is 0 Å². The number of nitrogens with zero attached hydrogens (tertiary/aromatic N) is 3. The lowest BCUT2D eigenvalue weighted by atomic mass is 10.2. The second-order valence-electron chi connectivity index (χ2n) is 7.52. The van der Waals surface area contributed by atoms with E-state index in [1.54, 1.807) is 0 Å². The number of hydrogen-bond donors (Lipinski definition) is 2. The Morgan fingerprint density at radius 1 is 1.07 bits per heavy atom. The lowest BCUT2D eigenvalue weighted by Crippen LogP contribution is -2.45. The molecule has 0 aliphatic carbocycles. The zero-order valence-corrected chi connectivity index (χ0v) is 19.0. The van der Waals surface area contributed by atoms with Crippen molar-refractivity contribution >= 4 is 35.6 Å². The van der Waals surface area contributed by atoms with Crippen LogP contribution >= 0.6 is 24.0 Å². The quantitative estimate of drug-likeness (QED) is 0.281. The number of nitrogens with one attached hydrogen (secondary N) is 2. The van der Waals surface area contributed by atoms with Crippen molar-refractivity contribution in [2.45, 2.75) is 44.6 Å².